The second-order valence-corrected chi connectivity index (χ2v) is 8.29. The standard InChI is InChI=1S/C21H30ClN5O2/c1-6-12-26(20(29)23-7-2)14-19(28)24-18-13-17(21(3,4)5)25-27(18)16-10-8-15(22)9-11-16/h8-11,13H,6-7,12,14H2,1-5H3,(H,23,29)(H,24,28). The quantitative estimate of drug-likeness (QED) is 0.705. The van der Waals surface area contributed by atoms with E-state index in [1.54, 1.807) is 16.8 Å². The van der Waals surface area contributed by atoms with Crippen molar-refractivity contribution < 1.29 is 9.59 Å². The minimum absolute atomic E-state index is 0.0314. The van der Waals surface area contributed by atoms with Crippen LogP contribution in [0.4, 0.5) is 10.6 Å². The molecule has 29 heavy (non-hydrogen) atoms. The second kappa shape index (κ2) is 9.78. The van der Waals surface area contributed by atoms with Crippen molar-refractivity contribution in [2.45, 2.75) is 46.5 Å². The van der Waals surface area contributed by atoms with Crippen molar-refractivity contribution in [3.63, 3.8) is 0 Å². The van der Waals surface area contributed by atoms with E-state index in [-0.39, 0.29) is 23.9 Å². The molecular weight excluding hydrogens is 390 g/mol. The molecule has 0 fully saturated rings. The molecule has 158 valence electrons. The fourth-order valence-corrected chi connectivity index (χ4v) is 2.88. The Morgan fingerprint density at radius 1 is 1.17 bits per heavy atom. The topological polar surface area (TPSA) is 79.3 Å². The smallest absolute Gasteiger partial charge is 0.317 e. The molecule has 3 amide bonds. The number of aromatic nitrogens is 2. The third-order valence-corrected chi connectivity index (χ3v) is 4.51. The van der Waals surface area contributed by atoms with E-state index in [0.29, 0.717) is 23.9 Å². The average Bonchev–Trinajstić information content (AvgIpc) is 3.06. The Labute approximate surface area is 177 Å². The summed E-state index contributed by atoms with van der Waals surface area (Å²) in [7, 11) is 0. The first kappa shape index (κ1) is 22.7. The molecule has 1 aromatic carbocycles. The number of nitrogens with one attached hydrogen (secondary N) is 2. The Kier molecular flexibility index (Phi) is 7.67. The highest BCUT2D eigenvalue weighted by Gasteiger charge is 2.22. The maximum Gasteiger partial charge on any atom is 0.317 e. The van der Waals surface area contributed by atoms with E-state index in [4.69, 9.17) is 11.6 Å². The maximum absolute atomic E-state index is 12.7. The first-order valence-electron chi connectivity index (χ1n) is 9.84. The van der Waals surface area contributed by atoms with Gasteiger partial charge in [-0.05, 0) is 37.6 Å². The van der Waals surface area contributed by atoms with Crippen LogP contribution in [-0.2, 0) is 10.2 Å². The summed E-state index contributed by atoms with van der Waals surface area (Å²) >= 11 is 6.00. The Morgan fingerprint density at radius 2 is 1.83 bits per heavy atom. The van der Waals surface area contributed by atoms with E-state index >= 15 is 0 Å². The summed E-state index contributed by atoms with van der Waals surface area (Å²) in [5.74, 6) is 0.273. The molecule has 0 saturated carbocycles. The summed E-state index contributed by atoms with van der Waals surface area (Å²) in [6.07, 6.45) is 0.765. The molecule has 2 N–H and O–H groups in total. The van der Waals surface area contributed by atoms with Crippen molar-refractivity contribution >= 4 is 29.4 Å². The van der Waals surface area contributed by atoms with Crippen molar-refractivity contribution in [3.8, 4) is 5.69 Å². The zero-order valence-corrected chi connectivity index (χ0v) is 18.5. The highest BCUT2D eigenvalue weighted by molar-refractivity contribution is 6.30. The van der Waals surface area contributed by atoms with Crippen molar-refractivity contribution in [3.05, 3.63) is 41.0 Å². The van der Waals surface area contributed by atoms with Gasteiger partial charge in [-0.15, -0.1) is 0 Å². The number of amides is 3. The van der Waals surface area contributed by atoms with Crippen LogP contribution in [0.5, 0.6) is 0 Å². The van der Waals surface area contributed by atoms with Crippen LogP contribution in [0.1, 0.15) is 46.7 Å². The SMILES string of the molecule is CCCN(CC(=O)Nc1cc(C(C)(C)C)nn1-c1ccc(Cl)cc1)C(=O)NCC. The van der Waals surface area contributed by atoms with Gasteiger partial charge in [0.15, 0.2) is 0 Å². The van der Waals surface area contributed by atoms with Crippen LogP contribution in [0.25, 0.3) is 5.69 Å². The summed E-state index contributed by atoms with van der Waals surface area (Å²) in [4.78, 5) is 26.4. The molecule has 0 aliphatic rings. The van der Waals surface area contributed by atoms with Gasteiger partial charge in [0.1, 0.15) is 12.4 Å². The monoisotopic (exact) mass is 419 g/mol. The maximum atomic E-state index is 12.7. The summed E-state index contributed by atoms with van der Waals surface area (Å²) < 4.78 is 1.69. The Morgan fingerprint density at radius 3 is 2.38 bits per heavy atom. The van der Waals surface area contributed by atoms with E-state index in [1.807, 2.05) is 32.0 Å². The number of carbonyl (C=O) groups is 2. The Balaban J connectivity index is 2.28. The molecular formula is C21H30ClN5O2. The highest BCUT2D eigenvalue weighted by Crippen LogP contribution is 2.26. The molecule has 8 heteroatoms. The summed E-state index contributed by atoms with van der Waals surface area (Å²) in [5, 5.41) is 11.0. The zero-order valence-electron chi connectivity index (χ0n) is 17.8. The van der Waals surface area contributed by atoms with Gasteiger partial charge in [-0.25, -0.2) is 9.48 Å². The van der Waals surface area contributed by atoms with E-state index in [1.165, 1.54) is 4.90 Å². The van der Waals surface area contributed by atoms with Crippen molar-refractivity contribution in [2.24, 2.45) is 0 Å². The second-order valence-electron chi connectivity index (χ2n) is 7.86. The molecule has 0 unspecified atom stereocenters. The number of rotatable bonds is 7. The molecule has 0 atom stereocenters. The summed E-state index contributed by atoms with van der Waals surface area (Å²) in [6.45, 7) is 11.0. The molecule has 2 aromatic rings. The molecule has 0 saturated heterocycles. The molecule has 0 aliphatic heterocycles. The number of benzene rings is 1. The van der Waals surface area contributed by atoms with Gasteiger partial charge in [-0.3, -0.25) is 4.79 Å². The van der Waals surface area contributed by atoms with Crippen LogP contribution in [0.15, 0.2) is 30.3 Å². The van der Waals surface area contributed by atoms with E-state index in [9.17, 15) is 9.59 Å². The van der Waals surface area contributed by atoms with Crippen LogP contribution in [-0.4, -0.2) is 46.3 Å². The number of hydrogen-bond donors (Lipinski definition) is 2. The van der Waals surface area contributed by atoms with Gasteiger partial charge in [-0.2, -0.15) is 5.10 Å². The fraction of sp³-hybridized carbons (Fsp3) is 0.476. The molecule has 0 radical (unpaired) electrons. The van der Waals surface area contributed by atoms with Crippen molar-refractivity contribution in [1.29, 1.82) is 0 Å². The number of hydrogen-bond acceptors (Lipinski definition) is 3. The lowest BCUT2D eigenvalue weighted by Gasteiger charge is -2.21. The minimum Gasteiger partial charge on any atom is -0.338 e. The van der Waals surface area contributed by atoms with Gasteiger partial charge < -0.3 is 15.5 Å². The van der Waals surface area contributed by atoms with Gasteiger partial charge in [0.2, 0.25) is 5.91 Å². The first-order valence-corrected chi connectivity index (χ1v) is 10.2. The lowest BCUT2D eigenvalue weighted by molar-refractivity contribution is -0.116. The normalized spacial score (nSPS) is 11.2. The lowest BCUT2D eigenvalue weighted by atomic mass is 9.92. The summed E-state index contributed by atoms with van der Waals surface area (Å²) in [5.41, 5.74) is 1.44. The highest BCUT2D eigenvalue weighted by atomic mass is 35.5. The van der Waals surface area contributed by atoms with Gasteiger partial charge >= 0.3 is 6.03 Å². The Hall–Kier alpha value is -2.54. The number of carbonyl (C=O) groups excluding carboxylic acids is 2. The Bertz CT molecular complexity index is 840. The van der Waals surface area contributed by atoms with Crippen LogP contribution in [0.3, 0.4) is 0 Å². The number of nitrogens with zero attached hydrogens (tertiary/aromatic N) is 3. The fourth-order valence-electron chi connectivity index (χ4n) is 2.76. The lowest BCUT2D eigenvalue weighted by Crippen LogP contribution is -2.44. The van der Waals surface area contributed by atoms with Gasteiger partial charge in [0.05, 0.1) is 11.4 Å². The minimum atomic E-state index is -0.278. The van der Waals surface area contributed by atoms with Gasteiger partial charge in [0.25, 0.3) is 0 Å². The van der Waals surface area contributed by atoms with Crippen molar-refractivity contribution in [2.75, 3.05) is 25.0 Å². The van der Waals surface area contributed by atoms with Crippen LogP contribution >= 0.6 is 11.6 Å². The molecule has 0 spiro atoms. The number of urea groups is 1. The van der Waals surface area contributed by atoms with Crippen LogP contribution < -0.4 is 10.6 Å². The third-order valence-electron chi connectivity index (χ3n) is 4.26. The largest absolute Gasteiger partial charge is 0.338 e. The summed E-state index contributed by atoms with van der Waals surface area (Å²) in [6, 6.07) is 8.86. The van der Waals surface area contributed by atoms with E-state index in [0.717, 1.165) is 17.8 Å². The van der Waals surface area contributed by atoms with Gasteiger partial charge in [0, 0.05) is 29.6 Å². The predicted octanol–water partition coefficient (Wildman–Crippen LogP) is 4.20. The van der Waals surface area contributed by atoms with E-state index < -0.39 is 0 Å². The molecule has 1 heterocycles. The van der Waals surface area contributed by atoms with Crippen molar-refractivity contribution in [1.82, 2.24) is 20.0 Å². The molecule has 1 aromatic heterocycles. The predicted molar refractivity (Wildman–Crippen MR) is 117 cm³/mol. The van der Waals surface area contributed by atoms with Crippen LogP contribution in [0, 0.1) is 0 Å². The first-order chi connectivity index (χ1) is 13.7. The zero-order chi connectivity index (χ0) is 21.6. The molecule has 0 bridgehead atoms. The van der Waals surface area contributed by atoms with Crippen LogP contribution in [0.2, 0.25) is 5.02 Å². The average molecular weight is 420 g/mol. The number of halogens is 1. The third kappa shape index (κ3) is 6.22. The molecule has 0 aliphatic carbocycles. The van der Waals surface area contributed by atoms with Gasteiger partial charge in [-0.1, -0.05) is 39.3 Å². The molecule has 2 rings (SSSR count). The van der Waals surface area contributed by atoms with E-state index in [2.05, 4.69) is 36.5 Å². The number of anilines is 1. The molecule has 7 nitrogen and oxygen atoms in total.